The number of rotatable bonds is 3. The highest BCUT2D eigenvalue weighted by molar-refractivity contribution is 5.77. The van der Waals surface area contributed by atoms with Gasteiger partial charge in [0, 0.05) is 12.5 Å². The molecule has 0 aliphatic heterocycles. The zero-order chi connectivity index (χ0) is 8.10. The molecular formula is C8H12N2O. The molecule has 0 unspecified atom stereocenters. The van der Waals surface area contributed by atoms with Gasteiger partial charge in [0.1, 0.15) is 0 Å². The Morgan fingerprint density at radius 1 is 1.45 bits per heavy atom. The largest absolute Gasteiger partial charge is 0.354 e. The number of carbonyl (C=O) groups excluding carboxylic acids is 1. The van der Waals surface area contributed by atoms with E-state index in [1.165, 1.54) is 0 Å². The maximum absolute atomic E-state index is 10.7. The first-order valence-electron chi connectivity index (χ1n) is 3.64. The third-order valence-electron chi connectivity index (χ3n) is 1.55. The van der Waals surface area contributed by atoms with E-state index in [4.69, 9.17) is 5.73 Å². The summed E-state index contributed by atoms with van der Waals surface area (Å²) < 4.78 is 0. The summed E-state index contributed by atoms with van der Waals surface area (Å²) in [7, 11) is 0. The smallest absolute Gasteiger partial charge is 0.233 e. The molecule has 0 spiro atoms. The Hall–Kier alpha value is -1.09. The van der Waals surface area contributed by atoms with Crippen LogP contribution in [0, 0.1) is 5.92 Å². The van der Waals surface area contributed by atoms with Gasteiger partial charge in [0.15, 0.2) is 0 Å². The summed E-state index contributed by atoms with van der Waals surface area (Å²) >= 11 is 0. The van der Waals surface area contributed by atoms with Crippen molar-refractivity contribution in [2.24, 2.45) is 11.7 Å². The molecule has 0 atom stereocenters. The van der Waals surface area contributed by atoms with Crippen LogP contribution in [-0.4, -0.2) is 19.0 Å². The molecule has 0 aromatic heterocycles. The van der Waals surface area contributed by atoms with Gasteiger partial charge in [-0.05, 0) is 0 Å². The lowest BCUT2D eigenvalue weighted by Crippen LogP contribution is -2.33. The average Bonchev–Trinajstić information content (AvgIpc) is 2.52. The lowest BCUT2D eigenvalue weighted by Gasteiger charge is -2.05. The van der Waals surface area contributed by atoms with Gasteiger partial charge >= 0.3 is 0 Å². The molecule has 11 heavy (non-hydrogen) atoms. The molecule has 0 radical (unpaired) electrons. The van der Waals surface area contributed by atoms with Gasteiger partial charge in [-0.15, -0.1) is 0 Å². The SMILES string of the molecule is NCC(=O)NCC1C=CC=C1. The number of nitrogens with one attached hydrogen (secondary N) is 1. The highest BCUT2D eigenvalue weighted by Gasteiger charge is 2.04. The van der Waals surface area contributed by atoms with Gasteiger partial charge in [-0.25, -0.2) is 0 Å². The summed E-state index contributed by atoms with van der Waals surface area (Å²) in [6.07, 6.45) is 8.02. The van der Waals surface area contributed by atoms with E-state index in [-0.39, 0.29) is 12.5 Å². The van der Waals surface area contributed by atoms with E-state index in [0.717, 1.165) is 0 Å². The minimum Gasteiger partial charge on any atom is -0.354 e. The molecule has 0 fully saturated rings. The van der Waals surface area contributed by atoms with Crippen LogP contribution in [0.5, 0.6) is 0 Å². The Morgan fingerprint density at radius 2 is 2.09 bits per heavy atom. The number of nitrogens with two attached hydrogens (primary N) is 1. The Morgan fingerprint density at radius 3 is 2.64 bits per heavy atom. The summed E-state index contributed by atoms with van der Waals surface area (Å²) in [6.45, 7) is 0.725. The standard InChI is InChI=1S/C8H12N2O/c9-5-8(11)10-6-7-3-1-2-4-7/h1-4,7H,5-6,9H2,(H,10,11). The first-order chi connectivity index (χ1) is 5.33. The molecule has 3 nitrogen and oxygen atoms in total. The first-order valence-corrected chi connectivity index (χ1v) is 3.64. The molecule has 1 amide bonds. The van der Waals surface area contributed by atoms with Crippen molar-refractivity contribution in [2.75, 3.05) is 13.1 Å². The molecule has 0 aromatic carbocycles. The van der Waals surface area contributed by atoms with Crippen LogP contribution in [0.4, 0.5) is 0 Å². The lowest BCUT2D eigenvalue weighted by atomic mass is 10.2. The van der Waals surface area contributed by atoms with Crippen LogP contribution < -0.4 is 11.1 Å². The average molecular weight is 152 g/mol. The second-order valence-electron chi connectivity index (χ2n) is 2.44. The molecule has 0 bridgehead atoms. The van der Waals surface area contributed by atoms with Gasteiger partial charge in [0.05, 0.1) is 6.54 Å². The summed E-state index contributed by atoms with van der Waals surface area (Å²) in [5.41, 5.74) is 5.11. The number of hydrogen-bond acceptors (Lipinski definition) is 2. The second-order valence-corrected chi connectivity index (χ2v) is 2.44. The number of allylic oxidation sites excluding steroid dienone is 2. The molecule has 0 saturated carbocycles. The fraction of sp³-hybridized carbons (Fsp3) is 0.375. The third-order valence-corrected chi connectivity index (χ3v) is 1.55. The predicted molar refractivity (Wildman–Crippen MR) is 43.8 cm³/mol. The van der Waals surface area contributed by atoms with Crippen LogP contribution in [0.2, 0.25) is 0 Å². The molecule has 3 N–H and O–H groups in total. The van der Waals surface area contributed by atoms with Gasteiger partial charge in [-0.1, -0.05) is 24.3 Å². The molecule has 0 aromatic rings. The minimum absolute atomic E-state index is 0.0696. The first kappa shape index (κ1) is 8.01. The van der Waals surface area contributed by atoms with Crippen molar-refractivity contribution in [3.8, 4) is 0 Å². The van der Waals surface area contributed by atoms with E-state index in [9.17, 15) is 4.79 Å². The van der Waals surface area contributed by atoms with E-state index in [0.29, 0.717) is 12.5 Å². The molecule has 0 saturated heterocycles. The fourth-order valence-corrected chi connectivity index (χ4v) is 0.918. The Labute approximate surface area is 66.0 Å². The molecule has 60 valence electrons. The molecule has 3 heteroatoms. The zero-order valence-electron chi connectivity index (χ0n) is 6.29. The van der Waals surface area contributed by atoms with E-state index in [1.807, 2.05) is 24.3 Å². The summed E-state index contributed by atoms with van der Waals surface area (Å²) in [5, 5.41) is 2.71. The predicted octanol–water partition coefficient (Wildman–Crippen LogP) is -0.197. The number of hydrogen-bond donors (Lipinski definition) is 2. The third kappa shape index (κ3) is 2.55. The highest BCUT2D eigenvalue weighted by Crippen LogP contribution is 2.06. The molecule has 0 heterocycles. The molecule has 1 aliphatic carbocycles. The van der Waals surface area contributed by atoms with E-state index < -0.39 is 0 Å². The van der Waals surface area contributed by atoms with Gasteiger partial charge in [-0.3, -0.25) is 4.79 Å². The number of amides is 1. The minimum atomic E-state index is -0.0984. The Bertz CT molecular complexity index is 184. The highest BCUT2D eigenvalue weighted by atomic mass is 16.1. The van der Waals surface area contributed by atoms with Gasteiger partial charge < -0.3 is 11.1 Å². The monoisotopic (exact) mass is 152 g/mol. The van der Waals surface area contributed by atoms with Gasteiger partial charge in [0.25, 0.3) is 0 Å². The second kappa shape index (κ2) is 3.93. The van der Waals surface area contributed by atoms with Gasteiger partial charge in [0.2, 0.25) is 5.91 Å². The Balaban J connectivity index is 2.17. The van der Waals surface area contributed by atoms with Crippen LogP contribution >= 0.6 is 0 Å². The fourth-order valence-electron chi connectivity index (χ4n) is 0.918. The summed E-state index contributed by atoms with van der Waals surface area (Å²) in [5.74, 6) is 0.254. The quantitative estimate of drug-likeness (QED) is 0.588. The van der Waals surface area contributed by atoms with Crippen LogP contribution in [-0.2, 0) is 4.79 Å². The van der Waals surface area contributed by atoms with Crippen molar-refractivity contribution >= 4 is 5.91 Å². The molecule has 1 rings (SSSR count). The Kier molecular flexibility index (Phi) is 2.86. The van der Waals surface area contributed by atoms with E-state index in [2.05, 4.69) is 5.32 Å². The van der Waals surface area contributed by atoms with Crippen LogP contribution in [0.3, 0.4) is 0 Å². The maximum Gasteiger partial charge on any atom is 0.233 e. The van der Waals surface area contributed by atoms with Crippen molar-refractivity contribution in [3.05, 3.63) is 24.3 Å². The summed E-state index contributed by atoms with van der Waals surface area (Å²) in [4.78, 5) is 10.7. The normalized spacial score (nSPS) is 15.7. The van der Waals surface area contributed by atoms with Crippen molar-refractivity contribution in [1.82, 2.24) is 5.32 Å². The van der Waals surface area contributed by atoms with Crippen molar-refractivity contribution in [2.45, 2.75) is 0 Å². The summed E-state index contributed by atoms with van der Waals surface area (Å²) in [6, 6.07) is 0. The van der Waals surface area contributed by atoms with Crippen molar-refractivity contribution < 1.29 is 4.79 Å². The molecular weight excluding hydrogens is 140 g/mol. The van der Waals surface area contributed by atoms with Crippen LogP contribution in [0.25, 0.3) is 0 Å². The topological polar surface area (TPSA) is 55.1 Å². The van der Waals surface area contributed by atoms with Crippen LogP contribution in [0.1, 0.15) is 0 Å². The van der Waals surface area contributed by atoms with Gasteiger partial charge in [-0.2, -0.15) is 0 Å². The van der Waals surface area contributed by atoms with Crippen molar-refractivity contribution in [1.29, 1.82) is 0 Å². The maximum atomic E-state index is 10.7. The zero-order valence-corrected chi connectivity index (χ0v) is 6.29. The van der Waals surface area contributed by atoms with E-state index in [1.54, 1.807) is 0 Å². The molecule has 1 aliphatic rings. The lowest BCUT2D eigenvalue weighted by molar-refractivity contribution is -0.119. The van der Waals surface area contributed by atoms with Crippen molar-refractivity contribution in [3.63, 3.8) is 0 Å². The number of carbonyl (C=O) groups is 1. The van der Waals surface area contributed by atoms with E-state index >= 15 is 0 Å². The van der Waals surface area contributed by atoms with Crippen LogP contribution in [0.15, 0.2) is 24.3 Å².